The normalized spacial score (nSPS) is 12.2. The second-order valence-corrected chi connectivity index (χ2v) is 6.22. The molecule has 0 saturated carbocycles. The summed E-state index contributed by atoms with van der Waals surface area (Å²) in [7, 11) is 0. The number of carbonyl (C=O) groups is 1. The number of benzene rings is 2. The quantitative estimate of drug-likeness (QED) is 0.272. The summed E-state index contributed by atoms with van der Waals surface area (Å²) in [5.41, 5.74) is 4.48. The third-order valence-electron chi connectivity index (χ3n) is 4.09. The molecule has 27 heavy (non-hydrogen) atoms. The van der Waals surface area contributed by atoms with Crippen LogP contribution in [0.5, 0.6) is 5.75 Å². The van der Waals surface area contributed by atoms with E-state index in [4.69, 9.17) is 4.74 Å². The molecule has 0 N–H and O–H groups in total. The number of aryl methyl sites for hydroxylation is 2. The number of hydrogen-bond acceptors (Lipinski definition) is 4. The van der Waals surface area contributed by atoms with Gasteiger partial charge in [0.2, 0.25) is 5.88 Å². The Bertz CT molecular complexity index is 935. The molecule has 0 aliphatic carbocycles. The average Bonchev–Trinajstić information content (AvgIpc) is 2.62. The van der Waals surface area contributed by atoms with E-state index >= 15 is 0 Å². The summed E-state index contributed by atoms with van der Waals surface area (Å²) in [5.74, 6) is 0.934. The number of allylic oxidation sites excluding steroid dienone is 2. The summed E-state index contributed by atoms with van der Waals surface area (Å²) in [4.78, 5) is 20.7. The van der Waals surface area contributed by atoms with Crippen LogP contribution in [0.4, 0.5) is 5.69 Å². The smallest absolute Gasteiger partial charge is 0.227 e. The minimum atomic E-state index is -0.0262. The van der Waals surface area contributed by atoms with Crippen molar-refractivity contribution in [3.05, 3.63) is 83.3 Å². The van der Waals surface area contributed by atoms with Crippen molar-refractivity contribution in [1.29, 1.82) is 0 Å². The molecule has 0 unspecified atom stereocenters. The lowest BCUT2D eigenvalue weighted by Crippen LogP contribution is -2.05. The van der Waals surface area contributed by atoms with Gasteiger partial charge in [0.05, 0.1) is 17.0 Å². The second kappa shape index (κ2) is 8.90. The van der Waals surface area contributed by atoms with Crippen molar-refractivity contribution in [3.63, 3.8) is 0 Å². The maximum absolute atomic E-state index is 12.0. The van der Waals surface area contributed by atoms with E-state index in [1.807, 2.05) is 63.2 Å². The lowest BCUT2D eigenvalue weighted by atomic mass is 10.0. The van der Waals surface area contributed by atoms with Crippen LogP contribution in [0.2, 0.25) is 0 Å². The fraction of sp³-hybridized carbons (Fsp3) is 0.174. The van der Waals surface area contributed by atoms with E-state index in [-0.39, 0.29) is 5.78 Å². The fourth-order valence-corrected chi connectivity index (χ4v) is 2.72. The molecular formula is C23H24N2O2. The van der Waals surface area contributed by atoms with Crippen LogP contribution in [-0.2, 0) is 0 Å². The Hall–Kier alpha value is -3.27. The van der Waals surface area contributed by atoms with Gasteiger partial charge in [0.15, 0.2) is 5.78 Å². The monoisotopic (exact) mass is 360 g/mol. The molecule has 0 atom stereocenters. The third-order valence-corrected chi connectivity index (χ3v) is 4.09. The Kier molecular flexibility index (Phi) is 6.61. The summed E-state index contributed by atoms with van der Waals surface area (Å²) >= 11 is 0. The van der Waals surface area contributed by atoms with Gasteiger partial charge in [-0.05, 0) is 58.2 Å². The highest BCUT2D eigenvalue weighted by Gasteiger charge is 2.13. The molecule has 0 saturated heterocycles. The van der Waals surface area contributed by atoms with E-state index in [0.717, 1.165) is 11.1 Å². The van der Waals surface area contributed by atoms with Crippen LogP contribution in [0.15, 0.2) is 76.6 Å². The average molecular weight is 360 g/mol. The molecule has 4 nitrogen and oxygen atoms in total. The minimum absolute atomic E-state index is 0.0262. The van der Waals surface area contributed by atoms with Crippen molar-refractivity contribution in [1.82, 2.24) is 0 Å². The Balaban J connectivity index is 2.49. The molecule has 2 aromatic rings. The molecule has 0 aliphatic heterocycles. The van der Waals surface area contributed by atoms with E-state index in [2.05, 4.69) is 23.3 Å². The van der Waals surface area contributed by atoms with Crippen molar-refractivity contribution >= 4 is 23.9 Å². The van der Waals surface area contributed by atoms with Crippen LogP contribution in [0.1, 0.15) is 35.3 Å². The zero-order valence-electron chi connectivity index (χ0n) is 16.2. The molecule has 0 aromatic heterocycles. The van der Waals surface area contributed by atoms with Crippen molar-refractivity contribution in [2.45, 2.75) is 27.7 Å². The summed E-state index contributed by atoms with van der Waals surface area (Å²) in [6.07, 6.45) is 1.63. The van der Waals surface area contributed by atoms with Crippen molar-refractivity contribution in [3.8, 4) is 5.75 Å². The Labute approximate surface area is 160 Å². The summed E-state index contributed by atoms with van der Waals surface area (Å²) in [6, 6.07) is 13.2. The predicted octanol–water partition coefficient (Wildman–Crippen LogP) is 5.78. The number of aliphatic imine (C=N–C) groups is 2. The molecule has 138 valence electrons. The molecule has 0 fully saturated rings. The van der Waals surface area contributed by atoms with Crippen LogP contribution in [0, 0.1) is 13.8 Å². The van der Waals surface area contributed by atoms with Gasteiger partial charge in [-0.1, -0.05) is 42.5 Å². The van der Waals surface area contributed by atoms with Gasteiger partial charge in [-0.25, -0.2) is 4.99 Å². The summed E-state index contributed by atoms with van der Waals surface area (Å²) < 4.78 is 5.86. The Morgan fingerprint density at radius 3 is 2.30 bits per heavy atom. The van der Waals surface area contributed by atoms with Crippen LogP contribution in [-0.4, -0.2) is 18.2 Å². The van der Waals surface area contributed by atoms with Crippen LogP contribution in [0.3, 0.4) is 0 Å². The number of nitrogens with zero attached hydrogens (tertiary/aromatic N) is 2. The van der Waals surface area contributed by atoms with Crippen molar-refractivity contribution < 1.29 is 9.53 Å². The number of carbonyl (C=O) groups excluding carboxylic acids is 1. The summed E-state index contributed by atoms with van der Waals surface area (Å²) in [6.45, 7) is 14.7. The Morgan fingerprint density at radius 1 is 1.07 bits per heavy atom. The molecule has 0 amide bonds. The van der Waals surface area contributed by atoms with E-state index in [0.29, 0.717) is 34.2 Å². The molecule has 0 aliphatic rings. The molecule has 0 bridgehead atoms. The fourth-order valence-electron chi connectivity index (χ4n) is 2.72. The van der Waals surface area contributed by atoms with E-state index in [1.54, 1.807) is 6.08 Å². The first-order valence-corrected chi connectivity index (χ1v) is 8.61. The first-order chi connectivity index (χ1) is 12.9. The lowest BCUT2D eigenvalue weighted by Gasteiger charge is -2.11. The van der Waals surface area contributed by atoms with E-state index in [1.165, 1.54) is 6.92 Å². The largest absolute Gasteiger partial charge is 0.438 e. The predicted molar refractivity (Wildman–Crippen MR) is 113 cm³/mol. The number of ether oxygens (including phenoxy) is 1. The van der Waals surface area contributed by atoms with Gasteiger partial charge in [0.25, 0.3) is 0 Å². The maximum Gasteiger partial charge on any atom is 0.227 e. The van der Waals surface area contributed by atoms with Crippen molar-refractivity contribution in [2.24, 2.45) is 9.98 Å². The van der Waals surface area contributed by atoms with Crippen LogP contribution >= 0.6 is 0 Å². The highest BCUT2D eigenvalue weighted by Crippen LogP contribution is 2.25. The Morgan fingerprint density at radius 2 is 1.74 bits per heavy atom. The standard InChI is InChI=1S/C23H24N2O2/c1-7-20(23(24-6)27-19-13-11-15(2)12-14-19)17(4)25-21-10-8-9-16(3)22(21)18(5)26/h7-14H,1,6H2,2-5H3/b23-20-,25-17?. The molecule has 0 radical (unpaired) electrons. The number of ketones is 1. The van der Waals surface area contributed by atoms with Gasteiger partial charge in [-0.2, -0.15) is 0 Å². The number of hydrogen-bond donors (Lipinski definition) is 0. The highest BCUT2D eigenvalue weighted by atomic mass is 16.5. The van der Waals surface area contributed by atoms with Gasteiger partial charge < -0.3 is 4.74 Å². The van der Waals surface area contributed by atoms with Gasteiger partial charge in [0, 0.05) is 5.56 Å². The third kappa shape index (κ3) is 4.88. The first-order valence-electron chi connectivity index (χ1n) is 8.61. The highest BCUT2D eigenvalue weighted by molar-refractivity contribution is 6.06. The molecule has 0 heterocycles. The van der Waals surface area contributed by atoms with Gasteiger partial charge in [-0.15, -0.1) is 0 Å². The van der Waals surface area contributed by atoms with Crippen molar-refractivity contribution in [2.75, 3.05) is 0 Å². The zero-order chi connectivity index (χ0) is 20.0. The van der Waals surface area contributed by atoms with Crippen LogP contribution < -0.4 is 4.74 Å². The molecule has 2 rings (SSSR count). The zero-order valence-corrected chi connectivity index (χ0v) is 16.2. The van der Waals surface area contributed by atoms with E-state index in [9.17, 15) is 4.79 Å². The minimum Gasteiger partial charge on any atom is -0.438 e. The number of Topliss-reactive ketones (excluding diaryl/α,β-unsaturated/α-hetero) is 1. The lowest BCUT2D eigenvalue weighted by molar-refractivity contribution is 0.101. The molecule has 4 heteroatoms. The molecule has 2 aromatic carbocycles. The van der Waals surface area contributed by atoms with Crippen LogP contribution in [0.25, 0.3) is 0 Å². The first kappa shape index (κ1) is 20.0. The SMILES string of the molecule is C=C/C(C(C)=Nc1cccc(C)c1C(C)=O)=C(\N=C)Oc1ccc(C)cc1. The second-order valence-electron chi connectivity index (χ2n) is 6.22. The topological polar surface area (TPSA) is 51.0 Å². The summed E-state index contributed by atoms with van der Waals surface area (Å²) in [5, 5.41) is 0. The van der Waals surface area contributed by atoms with E-state index < -0.39 is 0 Å². The van der Waals surface area contributed by atoms with Gasteiger partial charge in [-0.3, -0.25) is 9.79 Å². The van der Waals surface area contributed by atoms with Gasteiger partial charge >= 0.3 is 0 Å². The van der Waals surface area contributed by atoms with Gasteiger partial charge in [0.1, 0.15) is 5.75 Å². The molecular weight excluding hydrogens is 336 g/mol. The maximum atomic E-state index is 12.0. The molecule has 0 spiro atoms. The number of rotatable bonds is 7.